The number of aromatic nitrogens is 1. The van der Waals surface area contributed by atoms with Crippen LogP contribution in [0.3, 0.4) is 0 Å². The van der Waals surface area contributed by atoms with Gasteiger partial charge < -0.3 is 15.0 Å². The van der Waals surface area contributed by atoms with E-state index < -0.39 is 0 Å². The van der Waals surface area contributed by atoms with E-state index >= 15 is 0 Å². The molecule has 5 nitrogen and oxygen atoms in total. The van der Waals surface area contributed by atoms with Gasteiger partial charge in [-0.25, -0.2) is 0 Å². The van der Waals surface area contributed by atoms with Crippen LogP contribution in [0.4, 0.5) is 5.69 Å². The molecule has 1 aliphatic heterocycles. The fourth-order valence-electron chi connectivity index (χ4n) is 2.48. The van der Waals surface area contributed by atoms with Crippen molar-refractivity contribution in [1.82, 2.24) is 9.88 Å². The molecule has 0 aromatic carbocycles. The Balaban J connectivity index is 1.96. The lowest BCUT2D eigenvalue weighted by Crippen LogP contribution is -2.35. The first-order valence-corrected chi connectivity index (χ1v) is 7.24. The quantitative estimate of drug-likeness (QED) is 0.894. The summed E-state index contributed by atoms with van der Waals surface area (Å²) in [5.41, 5.74) is 1.42. The third kappa shape index (κ3) is 3.93. The number of carbonyl (C=O) groups is 1. The topological polar surface area (TPSA) is 54.5 Å². The molecule has 0 spiro atoms. The van der Waals surface area contributed by atoms with Gasteiger partial charge in [-0.15, -0.1) is 0 Å². The van der Waals surface area contributed by atoms with Gasteiger partial charge in [0, 0.05) is 38.6 Å². The van der Waals surface area contributed by atoms with Crippen LogP contribution >= 0.6 is 0 Å². The van der Waals surface area contributed by atoms with E-state index in [1.807, 2.05) is 20.0 Å². The second-order valence-electron chi connectivity index (χ2n) is 5.23. The van der Waals surface area contributed by atoms with E-state index in [1.54, 1.807) is 17.2 Å². The molecule has 1 aliphatic rings. The normalized spacial score (nSPS) is 18.6. The lowest BCUT2D eigenvalue weighted by Gasteiger charge is -2.27. The van der Waals surface area contributed by atoms with Crippen LogP contribution in [0.5, 0.6) is 0 Å². The molecule has 1 aromatic rings. The molecule has 1 N–H and O–H groups in total. The highest BCUT2D eigenvalue weighted by molar-refractivity contribution is 5.92. The number of hydrogen-bond acceptors (Lipinski definition) is 4. The number of hydrogen-bond donors (Lipinski definition) is 1. The molecule has 2 rings (SSSR count). The Morgan fingerprint density at radius 1 is 1.60 bits per heavy atom. The van der Waals surface area contributed by atoms with Crippen molar-refractivity contribution in [2.75, 3.05) is 38.7 Å². The molecule has 1 amide bonds. The zero-order valence-electron chi connectivity index (χ0n) is 12.3. The van der Waals surface area contributed by atoms with Gasteiger partial charge in [0.2, 0.25) is 0 Å². The summed E-state index contributed by atoms with van der Waals surface area (Å²) in [6, 6.07) is 3.68. The zero-order valence-corrected chi connectivity index (χ0v) is 12.3. The lowest BCUT2D eigenvalue weighted by atomic mass is 10.0. The Labute approximate surface area is 120 Å². The van der Waals surface area contributed by atoms with E-state index in [4.69, 9.17) is 4.74 Å². The van der Waals surface area contributed by atoms with Crippen molar-refractivity contribution < 1.29 is 9.53 Å². The van der Waals surface area contributed by atoms with Crippen molar-refractivity contribution in [1.29, 1.82) is 0 Å². The van der Waals surface area contributed by atoms with E-state index in [9.17, 15) is 4.79 Å². The maximum absolute atomic E-state index is 12.4. The van der Waals surface area contributed by atoms with Crippen molar-refractivity contribution in [3.05, 3.63) is 24.0 Å². The molecule has 2 heterocycles. The number of anilines is 1. The summed E-state index contributed by atoms with van der Waals surface area (Å²) < 4.78 is 5.46. The van der Waals surface area contributed by atoms with Crippen LogP contribution in [-0.4, -0.2) is 49.1 Å². The van der Waals surface area contributed by atoms with Gasteiger partial charge in [0.1, 0.15) is 5.69 Å². The van der Waals surface area contributed by atoms with Crippen molar-refractivity contribution in [3.8, 4) is 0 Å². The van der Waals surface area contributed by atoms with E-state index in [0.29, 0.717) is 11.6 Å². The first-order chi connectivity index (χ1) is 9.70. The maximum Gasteiger partial charge on any atom is 0.272 e. The van der Waals surface area contributed by atoms with Crippen molar-refractivity contribution >= 4 is 11.6 Å². The lowest BCUT2D eigenvalue weighted by molar-refractivity contribution is 0.0387. The van der Waals surface area contributed by atoms with Crippen molar-refractivity contribution in [2.45, 2.75) is 19.8 Å². The largest absolute Gasteiger partial charge is 0.385 e. The maximum atomic E-state index is 12.4. The summed E-state index contributed by atoms with van der Waals surface area (Å²) >= 11 is 0. The van der Waals surface area contributed by atoms with Crippen molar-refractivity contribution in [3.63, 3.8) is 0 Å². The molecule has 110 valence electrons. The fourth-order valence-corrected chi connectivity index (χ4v) is 2.48. The predicted molar refractivity (Wildman–Crippen MR) is 78.9 cm³/mol. The number of carbonyl (C=O) groups excluding carboxylic acids is 1. The Bertz CT molecular complexity index is 444. The second-order valence-corrected chi connectivity index (χ2v) is 5.23. The molecule has 1 unspecified atom stereocenters. The summed E-state index contributed by atoms with van der Waals surface area (Å²) in [6.07, 6.45) is 3.88. The molecule has 1 atom stereocenters. The average Bonchev–Trinajstić information content (AvgIpc) is 2.48. The van der Waals surface area contributed by atoms with Crippen molar-refractivity contribution in [2.24, 2.45) is 5.92 Å². The molecule has 5 heteroatoms. The fraction of sp³-hybridized carbons (Fsp3) is 0.600. The highest BCUT2D eigenvalue weighted by atomic mass is 16.5. The van der Waals surface area contributed by atoms with Crippen LogP contribution in [0.2, 0.25) is 0 Å². The van der Waals surface area contributed by atoms with Gasteiger partial charge in [0.05, 0.1) is 6.61 Å². The molecular formula is C15H23N3O2. The number of amides is 1. The van der Waals surface area contributed by atoms with Crippen LogP contribution < -0.4 is 5.32 Å². The Kier molecular flexibility index (Phi) is 5.35. The minimum Gasteiger partial charge on any atom is -0.385 e. The zero-order chi connectivity index (χ0) is 14.4. The highest BCUT2D eigenvalue weighted by Gasteiger charge is 2.20. The second kappa shape index (κ2) is 7.24. The molecule has 1 fully saturated rings. The number of rotatable bonds is 5. The molecule has 0 bridgehead atoms. The number of ether oxygens (including phenoxy) is 1. The van der Waals surface area contributed by atoms with E-state index in [0.717, 1.165) is 44.8 Å². The van der Waals surface area contributed by atoms with Gasteiger partial charge in [0.25, 0.3) is 5.91 Å². The summed E-state index contributed by atoms with van der Waals surface area (Å²) in [5, 5.41) is 3.19. The molecule has 1 aromatic heterocycles. The Morgan fingerprint density at radius 3 is 3.15 bits per heavy atom. The number of pyridine rings is 1. The van der Waals surface area contributed by atoms with E-state index in [2.05, 4.69) is 10.3 Å². The van der Waals surface area contributed by atoms with Crippen LogP contribution in [0.25, 0.3) is 0 Å². The first-order valence-electron chi connectivity index (χ1n) is 7.24. The van der Waals surface area contributed by atoms with Gasteiger partial charge in [0.15, 0.2) is 0 Å². The van der Waals surface area contributed by atoms with E-state index in [-0.39, 0.29) is 5.91 Å². The molecular weight excluding hydrogens is 254 g/mol. The smallest absolute Gasteiger partial charge is 0.272 e. The monoisotopic (exact) mass is 277 g/mol. The molecule has 1 saturated heterocycles. The highest BCUT2D eigenvalue weighted by Crippen LogP contribution is 2.16. The molecule has 20 heavy (non-hydrogen) atoms. The van der Waals surface area contributed by atoms with Crippen LogP contribution in [0.15, 0.2) is 18.3 Å². The minimum atomic E-state index is -0.0321. The Hall–Kier alpha value is -1.62. The van der Waals surface area contributed by atoms with Crippen LogP contribution in [0.1, 0.15) is 30.3 Å². The SMILES string of the molecule is CCNc1ccnc(C(=O)N(C)CC2CCCOC2)c1. The van der Waals surface area contributed by atoms with Gasteiger partial charge in [-0.2, -0.15) is 0 Å². The van der Waals surface area contributed by atoms with E-state index in [1.165, 1.54) is 0 Å². The first kappa shape index (κ1) is 14.8. The summed E-state index contributed by atoms with van der Waals surface area (Å²) in [4.78, 5) is 18.3. The average molecular weight is 277 g/mol. The number of nitrogens with one attached hydrogen (secondary N) is 1. The standard InChI is InChI=1S/C15H23N3O2/c1-3-16-13-6-7-17-14(9-13)15(19)18(2)10-12-5-4-8-20-11-12/h6-7,9,12H,3-5,8,10-11H2,1-2H3,(H,16,17). The third-order valence-electron chi connectivity index (χ3n) is 3.49. The summed E-state index contributed by atoms with van der Waals surface area (Å²) in [7, 11) is 1.83. The van der Waals surface area contributed by atoms with Gasteiger partial charge in [-0.1, -0.05) is 0 Å². The van der Waals surface area contributed by atoms with Gasteiger partial charge >= 0.3 is 0 Å². The summed E-state index contributed by atoms with van der Waals surface area (Å²) in [6.45, 7) is 5.18. The third-order valence-corrected chi connectivity index (χ3v) is 3.49. The molecule has 0 radical (unpaired) electrons. The van der Waals surface area contributed by atoms with Crippen LogP contribution in [-0.2, 0) is 4.74 Å². The summed E-state index contributed by atoms with van der Waals surface area (Å²) in [5.74, 6) is 0.407. The number of nitrogens with zero attached hydrogens (tertiary/aromatic N) is 2. The Morgan fingerprint density at radius 2 is 2.45 bits per heavy atom. The minimum absolute atomic E-state index is 0.0321. The van der Waals surface area contributed by atoms with Gasteiger partial charge in [-0.05, 0) is 37.8 Å². The van der Waals surface area contributed by atoms with Gasteiger partial charge in [-0.3, -0.25) is 9.78 Å². The predicted octanol–water partition coefficient (Wildman–Crippen LogP) is 2.01. The molecule has 0 aliphatic carbocycles. The molecule has 0 saturated carbocycles. The van der Waals surface area contributed by atoms with Crippen LogP contribution in [0, 0.1) is 5.92 Å².